The number of fused-ring (bicyclic) bond motifs is 3. The summed E-state index contributed by atoms with van der Waals surface area (Å²) in [6.07, 6.45) is 0. The summed E-state index contributed by atoms with van der Waals surface area (Å²) in [6, 6.07) is 7.35. The fourth-order valence-corrected chi connectivity index (χ4v) is 2.38. The molecule has 0 spiro atoms. The van der Waals surface area contributed by atoms with Crippen LogP contribution in [0.2, 0.25) is 0 Å². The van der Waals surface area contributed by atoms with Gasteiger partial charge in [0.25, 0.3) is 0 Å². The molecule has 86 valence electrons. The van der Waals surface area contributed by atoms with Crippen molar-refractivity contribution in [3.05, 3.63) is 34.5 Å². The molecule has 2 aromatic heterocycles. The Balaban J connectivity index is 2.46. The third kappa shape index (κ3) is 1.39. The summed E-state index contributed by atoms with van der Waals surface area (Å²) in [6.45, 7) is 0. The Hall–Kier alpha value is -1.75. The van der Waals surface area contributed by atoms with Gasteiger partial charge in [-0.2, -0.15) is 0 Å². The summed E-state index contributed by atoms with van der Waals surface area (Å²) in [5, 5.41) is 9.82. The topological polar surface area (TPSA) is 55.4 Å². The van der Waals surface area contributed by atoms with Crippen molar-refractivity contribution in [1.29, 1.82) is 0 Å². The predicted octanol–water partition coefficient (Wildman–Crippen LogP) is 3.39. The van der Waals surface area contributed by atoms with Gasteiger partial charge in [0.2, 0.25) is 5.76 Å². The van der Waals surface area contributed by atoms with Crippen molar-refractivity contribution < 1.29 is 14.3 Å². The molecule has 2 heterocycles. The Kier molecular flexibility index (Phi) is 2.06. The van der Waals surface area contributed by atoms with Gasteiger partial charge in [0.15, 0.2) is 5.58 Å². The summed E-state index contributed by atoms with van der Waals surface area (Å²) >= 11 is 3.41. The summed E-state index contributed by atoms with van der Waals surface area (Å²) in [4.78, 5) is 10.9. The van der Waals surface area contributed by atoms with E-state index in [0.717, 1.165) is 20.9 Å². The Morgan fingerprint density at radius 1 is 1.35 bits per heavy atom. The van der Waals surface area contributed by atoms with Crippen LogP contribution in [0.3, 0.4) is 0 Å². The second-order valence-electron chi connectivity index (χ2n) is 3.85. The molecule has 0 saturated carbocycles. The first-order chi connectivity index (χ1) is 8.08. The highest BCUT2D eigenvalue weighted by Gasteiger charge is 2.17. The van der Waals surface area contributed by atoms with Crippen LogP contribution in [-0.2, 0) is 7.05 Å². The summed E-state index contributed by atoms with van der Waals surface area (Å²) in [5.74, 6) is -1.08. The second kappa shape index (κ2) is 3.37. The third-order valence-corrected chi connectivity index (χ3v) is 3.34. The van der Waals surface area contributed by atoms with Crippen LogP contribution in [-0.4, -0.2) is 15.6 Å². The number of furan rings is 1. The van der Waals surface area contributed by atoms with Crippen LogP contribution >= 0.6 is 15.9 Å². The second-order valence-corrected chi connectivity index (χ2v) is 4.77. The molecule has 3 aromatic rings. The molecule has 0 amide bonds. The summed E-state index contributed by atoms with van der Waals surface area (Å²) in [7, 11) is 1.89. The maximum atomic E-state index is 10.9. The van der Waals surface area contributed by atoms with Gasteiger partial charge in [0, 0.05) is 23.0 Å². The number of aryl methyl sites for hydroxylation is 1. The Morgan fingerprint density at radius 3 is 2.82 bits per heavy atom. The van der Waals surface area contributed by atoms with Gasteiger partial charge >= 0.3 is 5.97 Å². The minimum Gasteiger partial charge on any atom is -0.475 e. The molecular formula is C12H8BrNO3. The zero-order valence-electron chi connectivity index (χ0n) is 8.90. The highest BCUT2D eigenvalue weighted by atomic mass is 79.9. The smallest absolute Gasteiger partial charge is 0.371 e. The van der Waals surface area contributed by atoms with Crippen LogP contribution in [0.5, 0.6) is 0 Å². The number of carboxylic acid groups (broad SMARTS) is 1. The van der Waals surface area contributed by atoms with Crippen molar-refractivity contribution in [2.45, 2.75) is 0 Å². The maximum Gasteiger partial charge on any atom is 0.371 e. The molecule has 0 bridgehead atoms. The van der Waals surface area contributed by atoms with E-state index in [1.807, 2.05) is 29.8 Å². The van der Waals surface area contributed by atoms with Crippen LogP contribution in [0.1, 0.15) is 10.6 Å². The maximum absolute atomic E-state index is 10.9. The number of halogens is 1. The van der Waals surface area contributed by atoms with Crippen molar-refractivity contribution in [3.8, 4) is 0 Å². The molecule has 0 aliphatic heterocycles. The van der Waals surface area contributed by atoms with E-state index < -0.39 is 5.97 Å². The molecule has 0 atom stereocenters. The number of hydrogen-bond acceptors (Lipinski definition) is 2. The van der Waals surface area contributed by atoms with Gasteiger partial charge in [0.05, 0.1) is 11.0 Å². The van der Waals surface area contributed by atoms with E-state index >= 15 is 0 Å². The van der Waals surface area contributed by atoms with Gasteiger partial charge in [-0.05, 0) is 18.2 Å². The van der Waals surface area contributed by atoms with Crippen molar-refractivity contribution in [2.24, 2.45) is 7.05 Å². The summed E-state index contributed by atoms with van der Waals surface area (Å²) < 4.78 is 8.27. The van der Waals surface area contributed by atoms with E-state index in [0.29, 0.717) is 5.58 Å². The zero-order chi connectivity index (χ0) is 12.2. The molecule has 5 heteroatoms. The lowest BCUT2D eigenvalue weighted by molar-refractivity contribution is 0.0665. The minimum atomic E-state index is -1.05. The standard InChI is InChI=1S/C12H8BrNO3/c1-14-8-4-6(13)2-3-7(8)11-9(14)5-10(17-11)12(15)16/h2-5H,1H3,(H,15,16). The highest BCUT2D eigenvalue weighted by molar-refractivity contribution is 9.10. The van der Waals surface area contributed by atoms with Crippen molar-refractivity contribution in [3.63, 3.8) is 0 Å². The molecular weight excluding hydrogens is 286 g/mol. The van der Waals surface area contributed by atoms with Crippen molar-refractivity contribution >= 4 is 43.9 Å². The summed E-state index contributed by atoms with van der Waals surface area (Å²) in [5.41, 5.74) is 2.41. The molecule has 0 aliphatic rings. The fourth-order valence-electron chi connectivity index (χ4n) is 2.03. The van der Waals surface area contributed by atoms with E-state index in [-0.39, 0.29) is 5.76 Å². The first-order valence-corrected chi connectivity index (χ1v) is 5.78. The van der Waals surface area contributed by atoms with Crippen LogP contribution in [0, 0.1) is 0 Å². The van der Waals surface area contributed by atoms with Gasteiger partial charge in [0.1, 0.15) is 0 Å². The van der Waals surface area contributed by atoms with Gasteiger partial charge < -0.3 is 14.1 Å². The number of rotatable bonds is 1. The molecule has 1 N–H and O–H groups in total. The van der Waals surface area contributed by atoms with Gasteiger partial charge in [-0.1, -0.05) is 15.9 Å². The van der Waals surface area contributed by atoms with E-state index in [1.165, 1.54) is 0 Å². The van der Waals surface area contributed by atoms with E-state index in [1.54, 1.807) is 6.07 Å². The van der Waals surface area contributed by atoms with Gasteiger partial charge in [-0.3, -0.25) is 0 Å². The molecule has 4 nitrogen and oxygen atoms in total. The molecule has 3 rings (SSSR count). The van der Waals surface area contributed by atoms with Gasteiger partial charge in [-0.25, -0.2) is 4.79 Å². The van der Waals surface area contributed by atoms with Crippen LogP contribution in [0.25, 0.3) is 22.0 Å². The lowest BCUT2D eigenvalue weighted by Gasteiger charge is -1.97. The van der Waals surface area contributed by atoms with E-state index in [2.05, 4.69) is 15.9 Å². The fraction of sp³-hybridized carbons (Fsp3) is 0.0833. The molecule has 0 fully saturated rings. The normalized spacial score (nSPS) is 11.4. The highest BCUT2D eigenvalue weighted by Crippen LogP contribution is 2.32. The molecule has 0 unspecified atom stereocenters. The van der Waals surface area contributed by atoms with Crippen LogP contribution < -0.4 is 0 Å². The van der Waals surface area contributed by atoms with E-state index in [4.69, 9.17) is 9.52 Å². The molecule has 0 aliphatic carbocycles. The number of aromatic nitrogens is 1. The van der Waals surface area contributed by atoms with E-state index in [9.17, 15) is 4.79 Å². The molecule has 0 saturated heterocycles. The average Bonchev–Trinajstić information content (AvgIpc) is 2.80. The Morgan fingerprint density at radius 2 is 2.12 bits per heavy atom. The quantitative estimate of drug-likeness (QED) is 0.748. The lowest BCUT2D eigenvalue weighted by Crippen LogP contribution is -1.92. The van der Waals surface area contributed by atoms with Crippen molar-refractivity contribution in [2.75, 3.05) is 0 Å². The van der Waals surface area contributed by atoms with Crippen LogP contribution in [0.4, 0.5) is 0 Å². The minimum absolute atomic E-state index is 0.0320. The number of carboxylic acids is 1. The van der Waals surface area contributed by atoms with Crippen molar-refractivity contribution in [1.82, 2.24) is 4.57 Å². The predicted molar refractivity (Wildman–Crippen MR) is 67.4 cm³/mol. The molecule has 0 radical (unpaired) electrons. The Labute approximate surface area is 105 Å². The number of hydrogen-bond donors (Lipinski definition) is 1. The van der Waals surface area contributed by atoms with Gasteiger partial charge in [-0.15, -0.1) is 0 Å². The monoisotopic (exact) mass is 293 g/mol. The molecule has 1 aromatic carbocycles. The zero-order valence-corrected chi connectivity index (χ0v) is 10.5. The number of carbonyl (C=O) groups is 1. The number of aromatic carboxylic acids is 1. The van der Waals surface area contributed by atoms with Crippen LogP contribution in [0.15, 0.2) is 33.2 Å². The lowest BCUT2D eigenvalue weighted by atomic mass is 10.2. The number of benzene rings is 1. The third-order valence-electron chi connectivity index (χ3n) is 2.85. The molecule has 17 heavy (non-hydrogen) atoms. The Bertz CT molecular complexity index is 754. The average molecular weight is 294 g/mol. The SMILES string of the molecule is Cn1c2cc(Br)ccc2c2oc(C(=O)O)cc21. The first-order valence-electron chi connectivity index (χ1n) is 4.98. The largest absolute Gasteiger partial charge is 0.475 e. The number of nitrogens with zero attached hydrogens (tertiary/aromatic N) is 1. The first kappa shape index (κ1) is 10.4.